The van der Waals surface area contributed by atoms with Gasteiger partial charge in [0.05, 0.1) is 16.6 Å². The molecule has 0 aromatic carbocycles. The van der Waals surface area contributed by atoms with Crippen molar-refractivity contribution in [3.8, 4) is 0 Å². The Labute approximate surface area is 105 Å². The van der Waals surface area contributed by atoms with Crippen molar-refractivity contribution < 1.29 is 13.0 Å². The van der Waals surface area contributed by atoms with Gasteiger partial charge >= 0.3 is 7.60 Å². The molecule has 0 aromatic rings. The molecule has 0 fully saturated rings. The minimum atomic E-state index is -2.90. The van der Waals surface area contributed by atoms with Gasteiger partial charge < -0.3 is 13.4 Å². The maximum absolute atomic E-state index is 12.6. The molecule has 0 unspecified atom stereocenters. The van der Waals surface area contributed by atoms with Crippen LogP contribution in [-0.2, 0) is 13.0 Å². The van der Waals surface area contributed by atoms with Crippen molar-refractivity contribution in [2.24, 2.45) is 0 Å². The molecular weight excluding hydrogens is 273 g/mol. The van der Waals surface area contributed by atoms with E-state index in [2.05, 4.69) is 4.98 Å². The summed E-state index contributed by atoms with van der Waals surface area (Å²) in [6.07, 6.45) is 0.491. The number of nitrogens with one attached hydrogen (secondary N) is 1. The minimum absolute atomic E-state index is 0.491. The molecule has 0 bridgehead atoms. The predicted molar refractivity (Wildman–Crippen MR) is 79.3 cm³/mol. The summed E-state index contributed by atoms with van der Waals surface area (Å²) in [5, 5.41) is 0. The Morgan fingerprint density at radius 2 is 1.44 bits per heavy atom. The van der Waals surface area contributed by atoms with Gasteiger partial charge in [0.15, 0.2) is 16.6 Å². The zero-order valence-corrected chi connectivity index (χ0v) is 16.5. The lowest BCUT2D eigenvalue weighted by atomic mass is 10.8. The summed E-state index contributed by atoms with van der Waals surface area (Å²) in [6.45, 7) is 13.0. The third-order valence-corrected chi connectivity index (χ3v) is 9.34. The highest BCUT2D eigenvalue weighted by atomic mass is 31.2. The van der Waals surface area contributed by atoms with Gasteiger partial charge in [-0.1, -0.05) is 0 Å². The Morgan fingerprint density at radius 1 is 1.06 bits per heavy atom. The Kier molecular flexibility index (Phi) is 6.37. The van der Waals surface area contributed by atoms with E-state index in [1.807, 2.05) is 39.3 Å². The molecule has 0 atom stereocenters. The van der Waals surface area contributed by atoms with Gasteiger partial charge in [-0.15, -0.1) is 0 Å². The molecule has 0 radical (unpaired) electrons. The molecule has 0 saturated carbocycles. The molecule has 98 valence electrons. The number of rotatable bonds is 7. The molecule has 0 aliphatic rings. The van der Waals surface area contributed by atoms with E-state index in [1.54, 1.807) is 0 Å². The van der Waals surface area contributed by atoms with Crippen LogP contribution in [0.1, 0.15) is 0 Å². The fourth-order valence-corrected chi connectivity index (χ4v) is 10.3. The van der Waals surface area contributed by atoms with E-state index in [-0.39, 0.29) is 0 Å². The maximum atomic E-state index is 12.6. The summed E-state index contributed by atoms with van der Waals surface area (Å²) in [4.78, 5) is 3.13. The van der Waals surface area contributed by atoms with Gasteiger partial charge in [-0.3, -0.25) is 4.57 Å². The molecule has 0 saturated heterocycles. The van der Waals surface area contributed by atoms with Gasteiger partial charge in [0, 0.05) is 0 Å². The van der Waals surface area contributed by atoms with Gasteiger partial charge in [-0.05, 0) is 45.8 Å². The largest absolute Gasteiger partial charge is 0.352 e. The molecule has 0 amide bonds. The Bertz CT molecular complexity index is 242. The van der Waals surface area contributed by atoms with Crippen LogP contribution in [0.5, 0.6) is 0 Å². The lowest BCUT2D eigenvalue weighted by Crippen LogP contribution is -2.32. The quantitative estimate of drug-likeness (QED) is 0.575. The van der Waals surface area contributed by atoms with Gasteiger partial charge in [-0.2, -0.15) is 0 Å². The van der Waals surface area contributed by atoms with Crippen molar-refractivity contribution in [1.29, 1.82) is 0 Å². The SMILES string of the molecule is C[Si](C)(C)OP(=O)(CCN[SiH3])O[Si](C)(C)C. The zero-order chi connectivity index (χ0) is 13.0. The predicted octanol–water partition coefficient (Wildman–Crippen LogP) is 1.75. The molecule has 0 aliphatic heterocycles. The van der Waals surface area contributed by atoms with Crippen LogP contribution >= 0.6 is 7.60 Å². The first-order chi connectivity index (χ1) is 6.97. The standard InChI is InChI=1S/C8H26NO3PSi3/c1-15(2,3)11-13(10,8-7-9-14)12-16(4,5)6/h9H,7-8H2,1-6,14H3. The van der Waals surface area contributed by atoms with E-state index in [1.165, 1.54) is 0 Å². The fraction of sp³-hybridized carbons (Fsp3) is 1.00. The van der Waals surface area contributed by atoms with E-state index < -0.39 is 24.2 Å². The van der Waals surface area contributed by atoms with Crippen LogP contribution in [0, 0.1) is 0 Å². The second-order valence-electron chi connectivity index (χ2n) is 5.85. The fourth-order valence-electron chi connectivity index (χ4n) is 1.19. The average molecular weight is 300 g/mol. The number of hydrogen-bond acceptors (Lipinski definition) is 4. The molecule has 0 heterocycles. The van der Waals surface area contributed by atoms with Crippen molar-refractivity contribution in [2.45, 2.75) is 39.3 Å². The molecule has 0 aromatic heterocycles. The molecule has 0 rings (SSSR count). The van der Waals surface area contributed by atoms with Crippen LogP contribution in [0.15, 0.2) is 0 Å². The highest BCUT2D eigenvalue weighted by molar-refractivity contribution is 7.57. The lowest BCUT2D eigenvalue weighted by Gasteiger charge is -2.31. The average Bonchev–Trinajstić information content (AvgIpc) is 1.93. The second kappa shape index (κ2) is 6.08. The first-order valence-electron chi connectivity index (χ1n) is 5.63. The third kappa shape index (κ3) is 8.86. The van der Waals surface area contributed by atoms with Crippen molar-refractivity contribution >= 4 is 34.6 Å². The van der Waals surface area contributed by atoms with E-state index in [9.17, 15) is 4.57 Å². The number of hydrogen-bond donors (Lipinski definition) is 1. The Balaban J connectivity index is 4.69. The molecule has 0 spiro atoms. The summed E-state index contributed by atoms with van der Waals surface area (Å²) in [5.74, 6) is 0. The topological polar surface area (TPSA) is 47.6 Å². The summed E-state index contributed by atoms with van der Waals surface area (Å²) in [6, 6.07) is 0. The smallest absolute Gasteiger partial charge is 0.312 e. The van der Waals surface area contributed by atoms with Crippen LogP contribution in [0.4, 0.5) is 0 Å². The summed E-state index contributed by atoms with van der Waals surface area (Å²) >= 11 is 0. The normalized spacial score (nSPS) is 14.4. The highest BCUT2D eigenvalue weighted by Crippen LogP contribution is 2.52. The van der Waals surface area contributed by atoms with Crippen molar-refractivity contribution in [3.63, 3.8) is 0 Å². The molecular formula is C8H26NO3PSi3. The van der Waals surface area contributed by atoms with Crippen molar-refractivity contribution in [3.05, 3.63) is 0 Å². The first-order valence-corrected chi connectivity index (χ1v) is 15.2. The monoisotopic (exact) mass is 299 g/mol. The van der Waals surface area contributed by atoms with E-state index in [0.29, 0.717) is 6.16 Å². The summed E-state index contributed by atoms with van der Waals surface area (Å²) < 4.78 is 24.2. The summed E-state index contributed by atoms with van der Waals surface area (Å²) in [7, 11) is -5.64. The lowest BCUT2D eigenvalue weighted by molar-refractivity contribution is 0.383. The van der Waals surface area contributed by atoms with Crippen LogP contribution in [-0.4, -0.2) is 39.7 Å². The minimum Gasteiger partial charge on any atom is -0.352 e. The van der Waals surface area contributed by atoms with Crippen molar-refractivity contribution in [2.75, 3.05) is 12.7 Å². The maximum Gasteiger partial charge on any atom is 0.312 e. The van der Waals surface area contributed by atoms with Crippen LogP contribution in [0.2, 0.25) is 39.3 Å². The molecule has 0 aliphatic carbocycles. The Morgan fingerprint density at radius 3 is 1.69 bits per heavy atom. The molecule has 16 heavy (non-hydrogen) atoms. The molecule has 8 heteroatoms. The van der Waals surface area contributed by atoms with Gasteiger partial charge in [-0.25, -0.2) is 0 Å². The zero-order valence-electron chi connectivity index (χ0n) is 11.6. The van der Waals surface area contributed by atoms with Crippen molar-refractivity contribution in [1.82, 2.24) is 4.98 Å². The van der Waals surface area contributed by atoms with Crippen LogP contribution in [0.3, 0.4) is 0 Å². The van der Waals surface area contributed by atoms with Crippen LogP contribution < -0.4 is 4.98 Å². The van der Waals surface area contributed by atoms with E-state index >= 15 is 0 Å². The third-order valence-electron chi connectivity index (χ3n) is 1.46. The van der Waals surface area contributed by atoms with E-state index in [4.69, 9.17) is 8.43 Å². The Hall–Kier alpha value is 0.761. The van der Waals surface area contributed by atoms with E-state index in [0.717, 1.165) is 16.9 Å². The van der Waals surface area contributed by atoms with Gasteiger partial charge in [0.1, 0.15) is 0 Å². The van der Waals surface area contributed by atoms with Gasteiger partial charge in [0.2, 0.25) is 0 Å². The van der Waals surface area contributed by atoms with Crippen LogP contribution in [0.25, 0.3) is 0 Å². The molecule has 4 nitrogen and oxygen atoms in total. The summed E-state index contributed by atoms with van der Waals surface area (Å²) in [5.41, 5.74) is 0. The molecule has 1 N–H and O–H groups in total. The second-order valence-corrected chi connectivity index (χ2v) is 18.1. The highest BCUT2D eigenvalue weighted by Gasteiger charge is 2.35. The first kappa shape index (κ1) is 16.8. The van der Waals surface area contributed by atoms with Gasteiger partial charge in [0.25, 0.3) is 0 Å².